The van der Waals surface area contributed by atoms with E-state index in [4.69, 9.17) is 23.1 Å². The summed E-state index contributed by atoms with van der Waals surface area (Å²) in [7, 11) is 6.07. The summed E-state index contributed by atoms with van der Waals surface area (Å²) in [6, 6.07) is 3.60. The molecule has 9 heteroatoms. The smallest absolute Gasteiger partial charge is 0.183 e. The number of hydrogen-bond acceptors (Lipinski definition) is 7. The zero-order valence-corrected chi connectivity index (χ0v) is 12.2. The van der Waals surface area contributed by atoms with E-state index in [2.05, 4.69) is 19.9 Å². The van der Waals surface area contributed by atoms with Gasteiger partial charge >= 0.3 is 0 Å². The fourth-order valence-electron chi connectivity index (χ4n) is 2.15. The minimum atomic E-state index is 0.361. The lowest BCUT2D eigenvalue weighted by Crippen LogP contribution is -2.18. The molecule has 3 N–H and O–H groups in total. The first kappa shape index (κ1) is 13.3. The second-order valence-corrected chi connectivity index (χ2v) is 5.67. The first-order valence-corrected chi connectivity index (χ1v) is 7.35. The lowest BCUT2D eigenvalue weighted by Gasteiger charge is -2.20. The molecule has 0 amide bonds. The van der Waals surface area contributed by atoms with E-state index >= 15 is 0 Å². The zero-order chi connectivity index (χ0) is 15.1. The lowest BCUT2D eigenvalue weighted by atomic mass is 9.95. The maximum absolute atomic E-state index is 6.07. The minimum Gasteiger partial charge on any atom is -0.486 e. The van der Waals surface area contributed by atoms with Gasteiger partial charge in [0.2, 0.25) is 0 Å². The third-order valence-corrected chi connectivity index (χ3v) is 4.14. The van der Waals surface area contributed by atoms with Crippen LogP contribution in [0.15, 0.2) is 28.5 Å². The highest BCUT2D eigenvalue weighted by atomic mass is 32.2. The molecular formula is C13H10BN5O2S. The van der Waals surface area contributed by atoms with Crippen molar-refractivity contribution in [3.63, 3.8) is 0 Å². The van der Waals surface area contributed by atoms with E-state index in [1.165, 1.54) is 18.1 Å². The second-order valence-electron chi connectivity index (χ2n) is 4.64. The Morgan fingerprint density at radius 1 is 1.18 bits per heavy atom. The molecule has 1 aromatic carbocycles. The van der Waals surface area contributed by atoms with Crippen molar-refractivity contribution in [2.24, 2.45) is 0 Å². The molecule has 0 atom stereocenters. The van der Waals surface area contributed by atoms with E-state index in [-0.39, 0.29) is 0 Å². The second kappa shape index (κ2) is 5.10. The Bertz CT molecular complexity index is 869. The van der Waals surface area contributed by atoms with Gasteiger partial charge in [-0.2, -0.15) is 0 Å². The van der Waals surface area contributed by atoms with Crippen LogP contribution >= 0.6 is 11.8 Å². The lowest BCUT2D eigenvalue weighted by molar-refractivity contribution is 0.171. The van der Waals surface area contributed by atoms with E-state index in [0.29, 0.717) is 52.3 Å². The van der Waals surface area contributed by atoms with Crippen molar-refractivity contribution in [3.05, 3.63) is 18.5 Å². The number of nitrogens with zero attached hydrogens (tertiary/aromatic N) is 3. The molecule has 0 saturated heterocycles. The number of benzene rings is 1. The van der Waals surface area contributed by atoms with Gasteiger partial charge in [0, 0.05) is 4.90 Å². The van der Waals surface area contributed by atoms with Gasteiger partial charge in [-0.25, -0.2) is 15.0 Å². The maximum atomic E-state index is 6.07. The quantitative estimate of drug-likeness (QED) is 0.670. The van der Waals surface area contributed by atoms with Crippen LogP contribution in [0.3, 0.4) is 0 Å². The van der Waals surface area contributed by atoms with Crippen LogP contribution in [0.5, 0.6) is 11.5 Å². The van der Waals surface area contributed by atoms with Crippen LogP contribution in [0, 0.1) is 0 Å². The highest BCUT2D eigenvalue weighted by molar-refractivity contribution is 7.99. The molecule has 3 heterocycles. The van der Waals surface area contributed by atoms with Crippen molar-refractivity contribution in [1.29, 1.82) is 0 Å². The summed E-state index contributed by atoms with van der Waals surface area (Å²) < 4.78 is 11.1. The molecule has 2 radical (unpaired) electrons. The molecule has 0 spiro atoms. The molecule has 1 aliphatic heterocycles. The number of aromatic nitrogens is 4. The summed E-state index contributed by atoms with van der Waals surface area (Å²) in [4.78, 5) is 16.3. The number of aromatic amines is 1. The van der Waals surface area contributed by atoms with Crippen LogP contribution in [0.1, 0.15) is 0 Å². The number of ether oxygens (including phenoxy) is 2. The fraction of sp³-hybridized carbons (Fsp3) is 0.154. The minimum absolute atomic E-state index is 0.361. The number of anilines is 1. The van der Waals surface area contributed by atoms with Crippen LogP contribution < -0.4 is 20.7 Å². The summed E-state index contributed by atoms with van der Waals surface area (Å²) in [6.07, 6.45) is 1.38. The molecule has 3 aromatic rings. The number of rotatable bonds is 2. The van der Waals surface area contributed by atoms with Crippen molar-refractivity contribution < 1.29 is 9.47 Å². The van der Waals surface area contributed by atoms with E-state index in [9.17, 15) is 0 Å². The number of imidazole rings is 1. The Morgan fingerprint density at radius 2 is 1.95 bits per heavy atom. The SMILES string of the molecule is [B]c1cc2c(cc1Sc1nc3ncnc(N)c3[nH]1)OCCO2. The van der Waals surface area contributed by atoms with Crippen LogP contribution in [-0.4, -0.2) is 41.0 Å². The van der Waals surface area contributed by atoms with Gasteiger partial charge in [0.1, 0.15) is 32.9 Å². The molecule has 108 valence electrons. The van der Waals surface area contributed by atoms with Gasteiger partial charge in [-0.15, -0.1) is 0 Å². The zero-order valence-electron chi connectivity index (χ0n) is 11.4. The number of hydrogen-bond donors (Lipinski definition) is 2. The number of fused-ring (bicyclic) bond motifs is 2. The van der Waals surface area contributed by atoms with Crippen molar-refractivity contribution in [2.45, 2.75) is 10.1 Å². The van der Waals surface area contributed by atoms with Crippen LogP contribution in [0.4, 0.5) is 5.82 Å². The number of nitrogens with two attached hydrogens (primary N) is 1. The molecule has 0 fully saturated rings. The van der Waals surface area contributed by atoms with Crippen molar-refractivity contribution >= 4 is 42.1 Å². The van der Waals surface area contributed by atoms with Crippen molar-refractivity contribution in [2.75, 3.05) is 18.9 Å². The monoisotopic (exact) mass is 311 g/mol. The average molecular weight is 311 g/mol. The molecule has 22 heavy (non-hydrogen) atoms. The summed E-state index contributed by atoms with van der Waals surface area (Å²) in [5, 5.41) is 0.630. The molecule has 1 aliphatic rings. The third kappa shape index (κ3) is 2.23. The Labute approximate surface area is 131 Å². The fourth-order valence-corrected chi connectivity index (χ4v) is 2.99. The Morgan fingerprint density at radius 3 is 2.73 bits per heavy atom. The first-order valence-electron chi connectivity index (χ1n) is 6.54. The van der Waals surface area contributed by atoms with Crippen LogP contribution in [0.25, 0.3) is 11.2 Å². The molecule has 4 rings (SSSR count). The molecule has 2 aromatic heterocycles. The van der Waals surface area contributed by atoms with E-state index in [0.717, 1.165) is 4.90 Å². The third-order valence-electron chi connectivity index (χ3n) is 3.18. The summed E-state index contributed by atoms with van der Waals surface area (Å²) in [6.45, 7) is 1.05. The van der Waals surface area contributed by atoms with E-state index in [1.807, 2.05) is 6.07 Å². The largest absolute Gasteiger partial charge is 0.486 e. The topological polar surface area (TPSA) is 98.9 Å². The van der Waals surface area contributed by atoms with Crippen molar-refractivity contribution in [3.8, 4) is 11.5 Å². The Balaban J connectivity index is 1.71. The molecule has 0 aliphatic carbocycles. The first-order chi connectivity index (χ1) is 10.7. The van der Waals surface area contributed by atoms with Crippen LogP contribution in [-0.2, 0) is 0 Å². The van der Waals surface area contributed by atoms with Gasteiger partial charge in [0.25, 0.3) is 0 Å². The predicted molar refractivity (Wildman–Crippen MR) is 83.0 cm³/mol. The maximum Gasteiger partial charge on any atom is 0.183 e. The molecule has 0 bridgehead atoms. The average Bonchev–Trinajstić information content (AvgIpc) is 2.92. The Kier molecular flexibility index (Phi) is 3.07. The predicted octanol–water partition coefficient (Wildman–Crippen LogP) is 0.651. The highest BCUT2D eigenvalue weighted by Crippen LogP contribution is 2.35. The molecule has 0 unspecified atom stereocenters. The van der Waals surface area contributed by atoms with Gasteiger partial charge in [-0.05, 0) is 12.1 Å². The van der Waals surface area contributed by atoms with E-state index < -0.39 is 0 Å². The summed E-state index contributed by atoms with van der Waals surface area (Å²) in [5.41, 5.74) is 7.51. The number of nitrogens with one attached hydrogen (secondary N) is 1. The number of nitrogen functional groups attached to an aromatic ring is 1. The van der Waals surface area contributed by atoms with Crippen LogP contribution in [0.2, 0.25) is 0 Å². The Hall–Kier alpha value is -2.42. The van der Waals surface area contributed by atoms with Gasteiger partial charge in [-0.3, -0.25) is 0 Å². The van der Waals surface area contributed by atoms with Gasteiger partial charge in [0.15, 0.2) is 28.1 Å². The van der Waals surface area contributed by atoms with Gasteiger partial charge in [-0.1, -0.05) is 17.2 Å². The van der Waals surface area contributed by atoms with Crippen molar-refractivity contribution in [1.82, 2.24) is 19.9 Å². The van der Waals surface area contributed by atoms with Gasteiger partial charge < -0.3 is 20.2 Å². The highest BCUT2D eigenvalue weighted by Gasteiger charge is 2.16. The molecular weight excluding hydrogens is 301 g/mol. The standard InChI is InChI=1S/C13H10BN5O2S/c14-6-3-7-8(21-2-1-20-7)4-9(6)22-13-18-10-11(15)16-5-17-12(10)19-13/h3-5H,1-2H2,(H3,15,16,17,18,19). The summed E-state index contributed by atoms with van der Waals surface area (Å²) in [5.74, 6) is 1.70. The molecule has 7 nitrogen and oxygen atoms in total. The van der Waals surface area contributed by atoms with Gasteiger partial charge in [0.05, 0.1) is 0 Å². The number of H-pyrrole nitrogens is 1. The normalized spacial score (nSPS) is 13.5. The summed E-state index contributed by atoms with van der Waals surface area (Å²) >= 11 is 1.37. The molecule has 0 saturated carbocycles. The van der Waals surface area contributed by atoms with E-state index in [1.54, 1.807) is 6.07 Å².